The number of ether oxygens (including phenoxy) is 2. The van der Waals surface area contributed by atoms with Gasteiger partial charge in [-0.1, -0.05) is 15.9 Å². The number of hydrogen-bond acceptors (Lipinski definition) is 6. The van der Waals surface area contributed by atoms with Gasteiger partial charge in [0.05, 0.1) is 7.11 Å². The normalized spacial score (nSPS) is 20.9. The molecule has 1 amide bonds. The summed E-state index contributed by atoms with van der Waals surface area (Å²) in [6.07, 6.45) is 0. The fourth-order valence-electron chi connectivity index (χ4n) is 2.53. The number of esters is 1. The second kappa shape index (κ2) is 6.13. The Kier molecular flexibility index (Phi) is 4.58. The lowest BCUT2D eigenvalue weighted by molar-refractivity contribution is -0.162. The van der Waals surface area contributed by atoms with Gasteiger partial charge in [0.15, 0.2) is 11.5 Å². The van der Waals surface area contributed by atoms with E-state index in [-0.39, 0.29) is 5.69 Å². The van der Waals surface area contributed by atoms with Crippen LogP contribution in [-0.2, 0) is 23.9 Å². The van der Waals surface area contributed by atoms with Crippen molar-refractivity contribution in [3.8, 4) is 0 Å². The number of methoxy groups -OCH3 is 2. The van der Waals surface area contributed by atoms with Gasteiger partial charge in [0.1, 0.15) is 5.57 Å². The molecule has 0 aliphatic carbocycles. The first kappa shape index (κ1) is 17.2. The van der Waals surface area contributed by atoms with E-state index in [4.69, 9.17) is 9.47 Å². The minimum Gasteiger partial charge on any atom is -0.503 e. The summed E-state index contributed by atoms with van der Waals surface area (Å²) in [6.45, 7) is 1.13. The Morgan fingerprint density at radius 3 is 2.22 bits per heavy atom. The highest BCUT2D eigenvalue weighted by molar-refractivity contribution is 9.10. The van der Waals surface area contributed by atoms with E-state index in [0.717, 1.165) is 30.5 Å². The Labute approximate surface area is 140 Å². The van der Waals surface area contributed by atoms with E-state index < -0.39 is 34.7 Å². The van der Waals surface area contributed by atoms with Crippen molar-refractivity contribution in [2.24, 2.45) is 0 Å². The van der Waals surface area contributed by atoms with Gasteiger partial charge in [-0.25, -0.2) is 4.79 Å². The number of nitrogens with zero attached hydrogens (tertiary/aromatic N) is 1. The van der Waals surface area contributed by atoms with Crippen LogP contribution in [0.2, 0.25) is 0 Å². The van der Waals surface area contributed by atoms with Gasteiger partial charge in [-0.05, 0) is 31.2 Å². The molecule has 23 heavy (non-hydrogen) atoms. The molecular formula is C15H14BrNO6. The van der Waals surface area contributed by atoms with Crippen LogP contribution in [0.25, 0.3) is 0 Å². The fraction of sp³-hybridized carbons (Fsp3) is 0.267. The maximum absolute atomic E-state index is 12.5. The van der Waals surface area contributed by atoms with Gasteiger partial charge < -0.3 is 14.6 Å². The molecule has 0 unspecified atom stereocenters. The SMILES string of the molecule is COC(=O)[C@]1(OC)C(C(C)=O)=C(O)C(=O)N1c1ccc(Br)cc1. The molecule has 1 heterocycles. The summed E-state index contributed by atoms with van der Waals surface area (Å²) >= 11 is 3.26. The zero-order chi connectivity index (χ0) is 17.4. The third kappa shape index (κ3) is 2.43. The number of aliphatic hydroxyl groups is 1. The molecule has 0 saturated heterocycles. The molecule has 2 rings (SSSR count). The molecule has 1 aliphatic rings. The Morgan fingerprint density at radius 2 is 1.78 bits per heavy atom. The first-order chi connectivity index (χ1) is 10.8. The molecule has 0 fully saturated rings. The van der Waals surface area contributed by atoms with Crippen LogP contribution < -0.4 is 4.90 Å². The van der Waals surface area contributed by atoms with Gasteiger partial charge in [-0.3, -0.25) is 14.5 Å². The van der Waals surface area contributed by atoms with Crippen molar-refractivity contribution in [3.05, 3.63) is 40.1 Å². The number of anilines is 1. The van der Waals surface area contributed by atoms with Gasteiger partial charge in [0.2, 0.25) is 0 Å². The van der Waals surface area contributed by atoms with Crippen LogP contribution in [-0.4, -0.2) is 42.7 Å². The van der Waals surface area contributed by atoms with Crippen LogP contribution in [0.15, 0.2) is 40.1 Å². The summed E-state index contributed by atoms with van der Waals surface area (Å²) in [5, 5.41) is 10.1. The lowest BCUT2D eigenvalue weighted by Crippen LogP contribution is -2.57. The van der Waals surface area contributed by atoms with Crippen molar-refractivity contribution in [1.82, 2.24) is 0 Å². The zero-order valence-electron chi connectivity index (χ0n) is 12.6. The predicted molar refractivity (Wildman–Crippen MR) is 83.7 cm³/mol. The van der Waals surface area contributed by atoms with E-state index in [1.54, 1.807) is 12.1 Å². The third-order valence-corrected chi connectivity index (χ3v) is 4.02. The molecule has 122 valence electrons. The highest BCUT2D eigenvalue weighted by Gasteiger charge is 2.61. The molecule has 1 aliphatic heterocycles. The average Bonchev–Trinajstić information content (AvgIpc) is 2.76. The van der Waals surface area contributed by atoms with Crippen molar-refractivity contribution in [3.63, 3.8) is 0 Å². The van der Waals surface area contributed by atoms with Crippen molar-refractivity contribution in [2.75, 3.05) is 19.1 Å². The summed E-state index contributed by atoms with van der Waals surface area (Å²) in [6, 6.07) is 6.36. The summed E-state index contributed by atoms with van der Waals surface area (Å²) < 4.78 is 10.7. The standard InChI is InChI=1S/C15H14BrNO6/c1-8(18)11-12(19)13(20)17(10-6-4-9(16)5-7-10)15(11,23-3)14(21)22-2/h4-7,19H,1-3H3/t15-/m1/s1. The Bertz CT molecular complexity index is 711. The smallest absolute Gasteiger partial charge is 0.365 e. The molecule has 8 heteroatoms. The Balaban J connectivity index is 2.75. The Morgan fingerprint density at radius 1 is 1.22 bits per heavy atom. The molecule has 1 N–H and O–H groups in total. The summed E-state index contributed by atoms with van der Waals surface area (Å²) in [4.78, 5) is 37.7. The number of rotatable bonds is 4. The lowest BCUT2D eigenvalue weighted by Gasteiger charge is -2.35. The van der Waals surface area contributed by atoms with Gasteiger partial charge in [-0.2, -0.15) is 0 Å². The molecule has 1 atom stereocenters. The summed E-state index contributed by atoms with van der Waals surface area (Å²) in [7, 11) is 2.25. The second-order valence-corrected chi connectivity index (χ2v) is 5.65. The quantitative estimate of drug-likeness (QED) is 0.795. The molecule has 0 aromatic heterocycles. The van der Waals surface area contributed by atoms with Crippen molar-refractivity contribution >= 4 is 39.3 Å². The van der Waals surface area contributed by atoms with Crippen molar-refractivity contribution in [2.45, 2.75) is 12.6 Å². The number of ketones is 1. The molecular weight excluding hydrogens is 370 g/mol. The summed E-state index contributed by atoms with van der Waals surface area (Å²) in [5.41, 5.74) is -2.37. The number of amides is 1. The van der Waals surface area contributed by atoms with Gasteiger partial charge in [0.25, 0.3) is 11.6 Å². The topological polar surface area (TPSA) is 93.1 Å². The number of carbonyl (C=O) groups excluding carboxylic acids is 3. The van der Waals surface area contributed by atoms with E-state index in [9.17, 15) is 19.5 Å². The van der Waals surface area contributed by atoms with Gasteiger partial charge in [-0.15, -0.1) is 0 Å². The lowest BCUT2D eigenvalue weighted by atomic mass is 9.99. The molecule has 0 radical (unpaired) electrons. The number of aliphatic hydroxyl groups excluding tert-OH is 1. The zero-order valence-corrected chi connectivity index (χ0v) is 14.2. The summed E-state index contributed by atoms with van der Waals surface area (Å²) in [5.74, 6) is -3.44. The van der Waals surface area contributed by atoms with Crippen LogP contribution in [0, 0.1) is 0 Å². The minimum absolute atomic E-state index is 0.258. The van der Waals surface area contributed by atoms with E-state index in [1.807, 2.05) is 0 Å². The van der Waals surface area contributed by atoms with Crippen molar-refractivity contribution in [1.29, 1.82) is 0 Å². The first-order valence-electron chi connectivity index (χ1n) is 6.49. The van der Waals surface area contributed by atoms with Crippen LogP contribution in [0.4, 0.5) is 5.69 Å². The molecule has 0 bridgehead atoms. The molecule has 0 spiro atoms. The number of carbonyl (C=O) groups is 3. The maximum Gasteiger partial charge on any atom is 0.365 e. The van der Waals surface area contributed by atoms with E-state index in [2.05, 4.69) is 15.9 Å². The van der Waals surface area contributed by atoms with Crippen LogP contribution in [0.5, 0.6) is 0 Å². The van der Waals surface area contributed by atoms with E-state index in [1.165, 1.54) is 12.1 Å². The number of benzene rings is 1. The number of Topliss-reactive ketones (excluding diaryl/α,β-unsaturated/α-hetero) is 1. The van der Waals surface area contributed by atoms with E-state index in [0.29, 0.717) is 0 Å². The third-order valence-electron chi connectivity index (χ3n) is 3.49. The first-order valence-corrected chi connectivity index (χ1v) is 7.28. The molecule has 1 aromatic carbocycles. The predicted octanol–water partition coefficient (Wildman–Crippen LogP) is 1.71. The fourth-order valence-corrected chi connectivity index (χ4v) is 2.80. The van der Waals surface area contributed by atoms with Gasteiger partial charge in [0, 0.05) is 17.3 Å². The van der Waals surface area contributed by atoms with Crippen molar-refractivity contribution < 1.29 is 29.0 Å². The van der Waals surface area contributed by atoms with Crippen LogP contribution in [0.3, 0.4) is 0 Å². The minimum atomic E-state index is -2.17. The highest BCUT2D eigenvalue weighted by Crippen LogP contribution is 2.40. The molecule has 7 nitrogen and oxygen atoms in total. The monoisotopic (exact) mass is 383 g/mol. The van der Waals surface area contributed by atoms with Crippen LogP contribution >= 0.6 is 15.9 Å². The molecule has 0 saturated carbocycles. The highest BCUT2D eigenvalue weighted by atomic mass is 79.9. The molecule has 1 aromatic rings. The van der Waals surface area contributed by atoms with Crippen LogP contribution in [0.1, 0.15) is 6.92 Å². The second-order valence-electron chi connectivity index (χ2n) is 4.74. The Hall–Kier alpha value is -2.19. The number of halogens is 1. The number of hydrogen-bond donors (Lipinski definition) is 1. The van der Waals surface area contributed by atoms with Gasteiger partial charge >= 0.3 is 5.97 Å². The largest absolute Gasteiger partial charge is 0.503 e. The van der Waals surface area contributed by atoms with E-state index >= 15 is 0 Å². The average molecular weight is 384 g/mol. The maximum atomic E-state index is 12.5.